The molecule has 0 bridgehead atoms. The maximum absolute atomic E-state index is 4.45. The van der Waals surface area contributed by atoms with E-state index in [-0.39, 0.29) is 0 Å². The first-order chi connectivity index (χ1) is 9.06. The zero-order valence-electron chi connectivity index (χ0n) is 12.7. The zero-order chi connectivity index (χ0) is 13.8. The number of rotatable bonds is 7. The van der Waals surface area contributed by atoms with Crippen molar-refractivity contribution in [1.82, 2.24) is 10.3 Å². The molecule has 1 saturated carbocycles. The fourth-order valence-electron chi connectivity index (χ4n) is 2.18. The maximum atomic E-state index is 4.45. The molecule has 1 aromatic heterocycles. The van der Waals surface area contributed by atoms with E-state index in [0.717, 1.165) is 30.7 Å². The molecule has 1 fully saturated rings. The van der Waals surface area contributed by atoms with Crippen LogP contribution >= 0.6 is 0 Å². The number of nitrogens with zero attached hydrogens (tertiary/aromatic N) is 2. The van der Waals surface area contributed by atoms with E-state index in [0.29, 0.717) is 0 Å². The van der Waals surface area contributed by atoms with Gasteiger partial charge in [-0.2, -0.15) is 0 Å². The molecule has 2 rings (SSSR count). The van der Waals surface area contributed by atoms with Crippen molar-refractivity contribution in [2.24, 2.45) is 5.92 Å². The molecule has 0 saturated heterocycles. The molecule has 106 valence electrons. The molecule has 1 aromatic rings. The molecule has 1 N–H and O–H groups in total. The van der Waals surface area contributed by atoms with Crippen LogP contribution in [0.4, 0.5) is 5.69 Å². The second kappa shape index (κ2) is 6.38. The van der Waals surface area contributed by atoms with Crippen molar-refractivity contribution in [3.05, 3.63) is 23.5 Å². The Hall–Kier alpha value is -1.09. The molecule has 1 aliphatic rings. The van der Waals surface area contributed by atoms with Crippen molar-refractivity contribution in [2.45, 2.75) is 52.6 Å². The lowest BCUT2D eigenvalue weighted by Crippen LogP contribution is -2.24. The summed E-state index contributed by atoms with van der Waals surface area (Å²) >= 11 is 0. The number of pyridine rings is 1. The monoisotopic (exact) mass is 261 g/mol. The Bertz CT molecular complexity index is 410. The fourth-order valence-corrected chi connectivity index (χ4v) is 2.18. The lowest BCUT2D eigenvalue weighted by molar-refractivity contribution is 0.583. The van der Waals surface area contributed by atoms with Crippen molar-refractivity contribution >= 4 is 5.69 Å². The van der Waals surface area contributed by atoms with E-state index in [1.165, 1.54) is 30.5 Å². The molecule has 0 amide bonds. The summed E-state index contributed by atoms with van der Waals surface area (Å²) < 4.78 is 0. The quantitative estimate of drug-likeness (QED) is 0.817. The van der Waals surface area contributed by atoms with Gasteiger partial charge in [0, 0.05) is 49.3 Å². The number of hydrogen-bond donors (Lipinski definition) is 1. The van der Waals surface area contributed by atoms with Gasteiger partial charge >= 0.3 is 0 Å². The van der Waals surface area contributed by atoms with E-state index in [1.54, 1.807) is 0 Å². The van der Waals surface area contributed by atoms with Crippen LogP contribution in [0.2, 0.25) is 0 Å². The third kappa shape index (κ3) is 4.50. The van der Waals surface area contributed by atoms with E-state index < -0.39 is 0 Å². The lowest BCUT2D eigenvalue weighted by Gasteiger charge is -2.24. The standard InChI is InChI=1S/C16H27N3/c1-12(2)7-8-19(4)16-9-13(3)17-10-14(16)11-18-15-5-6-15/h9-10,12,15,18H,5-8,11H2,1-4H3. The van der Waals surface area contributed by atoms with Gasteiger partial charge < -0.3 is 10.2 Å². The Morgan fingerprint density at radius 3 is 2.79 bits per heavy atom. The average molecular weight is 261 g/mol. The van der Waals surface area contributed by atoms with E-state index in [1.807, 2.05) is 6.20 Å². The zero-order valence-corrected chi connectivity index (χ0v) is 12.7. The van der Waals surface area contributed by atoms with Gasteiger partial charge in [-0.1, -0.05) is 13.8 Å². The van der Waals surface area contributed by atoms with Crippen molar-refractivity contribution in [3.8, 4) is 0 Å². The van der Waals surface area contributed by atoms with Gasteiger partial charge in [0.1, 0.15) is 0 Å². The minimum atomic E-state index is 0.745. The summed E-state index contributed by atoms with van der Waals surface area (Å²) in [6.45, 7) is 8.68. The van der Waals surface area contributed by atoms with Gasteiger partial charge in [-0.25, -0.2) is 0 Å². The highest BCUT2D eigenvalue weighted by Crippen LogP contribution is 2.23. The molecular weight excluding hydrogens is 234 g/mol. The molecule has 0 aliphatic heterocycles. The van der Waals surface area contributed by atoms with Crippen LogP contribution in [-0.2, 0) is 6.54 Å². The van der Waals surface area contributed by atoms with Crippen LogP contribution in [0.25, 0.3) is 0 Å². The van der Waals surface area contributed by atoms with Crippen molar-refractivity contribution in [2.75, 3.05) is 18.5 Å². The average Bonchev–Trinajstić information content (AvgIpc) is 3.18. The summed E-state index contributed by atoms with van der Waals surface area (Å²) in [5.74, 6) is 0.749. The Kier molecular flexibility index (Phi) is 4.81. The minimum Gasteiger partial charge on any atom is -0.374 e. The molecule has 0 atom stereocenters. The molecular formula is C16H27N3. The van der Waals surface area contributed by atoms with E-state index in [2.05, 4.69) is 49.1 Å². The summed E-state index contributed by atoms with van der Waals surface area (Å²) in [6, 6.07) is 2.96. The van der Waals surface area contributed by atoms with Gasteiger partial charge in [0.25, 0.3) is 0 Å². The predicted octanol–water partition coefficient (Wildman–Crippen LogP) is 3.12. The van der Waals surface area contributed by atoms with Crippen LogP contribution in [0.3, 0.4) is 0 Å². The molecule has 0 aromatic carbocycles. The second-order valence-electron chi connectivity index (χ2n) is 6.21. The first kappa shape index (κ1) is 14.3. The van der Waals surface area contributed by atoms with Gasteiger partial charge in [0.2, 0.25) is 0 Å². The molecule has 1 aliphatic carbocycles. The number of aryl methyl sites for hydroxylation is 1. The molecule has 3 nitrogen and oxygen atoms in total. The van der Waals surface area contributed by atoms with Crippen LogP contribution in [0.1, 0.15) is 44.4 Å². The van der Waals surface area contributed by atoms with Gasteiger partial charge in [-0.05, 0) is 38.2 Å². The molecule has 3 heteroatoms. The Morgan fingerprint density at radius 1 is 1.42 bits per heavy atom. The van der Waals surface area contributed by atoms with Gasteiger partial charge in [-0.15, -0.1) is 0 Å². The second-order valence-corrected chi connectivity index (χ2v) is 6.21. The largest absolute Gasteiger partial charge is 0.374 e. The predicted molar refractivity (Wildman–Crippen MR) is 81.6 cm³/mol. The first-order valence-corrected chi connectivity index (χ1v) is 7.46. The van der Waals surface area contributed by atoms with Crippen molar-refractivity contribution in [1.29, 1.82) is 0 Å². The SMILES string of the molecule is Cc1cc(N(C)CCC(C)C)c(CNC2CC2)cn1. The number of hydrogen-bond acceptors (Lipinski definition) is 3. The third-order valence-electron chi connectivity index (χ3n) is 3.71. The van der Waals surface area contributed by atoms with Crippen molar-refractivity contribution < 1.29 is 0 Å². The normalized spacial score (nSPS) is 15.0. The maximum Gasteiger partial charge on any atom is 0.0442 e. The molecule has 0 spiro atoms. The Balaban J connectivity index is 2.03. The highest BCUT2D eigenvalue weighted by atomic mass is 15.1. The molecule has 0 unspecified atom stereocenters. The lowest BCUT2D eigenvalue weighted by atomic mass is 10.1. The smallest absolute Gasteiger partial charge is 0.0442 e. The van der Waals surface area contributed by atoms with Gasteiger partial charge in [0.15, 0.2) is 0 Å². The van der Waals surface area contributed by atoms with Gasteiger partial charge in [0.05, 0.1) is 0 Å². The number of nitrogens with one attached hydrogen (secondary N) is 1. The first-order valence-electron chi connectivity index (χ1n) is 7.46. The van der Waals surface area contributed by atoms with E-state index in [4.69, 9.17) is 0 Å². The van der Waals surface area contributed by atoms with Crippen LogP contribution in [0, 0.1) is 12.8 Å². The minimum absolute atomic E-state index is 0.745. The van der Waals surface area contributed by atoms with E-state index in [9.17, 15) is 0 Å². The summed E-state index contributed by atoms with van der Waals surface area (Å²) in [5.41, 5.74) is 3.76. The molecule has 1 heterocycles. The Morgan fingerprint density at radius 2 is 2.16 bits per heavy atom. The summed E-state index contributed by atoms with van der Waals surface area (Å²) in [6.07, 6.45) is 5.93. The van der Waals surface area contributed by atoms with Gasteiger partial charge in [-0.3, -0.25) is 4.98 Å². The Labute approximate surface area is 117 Å². The summed E-state index contributed by atoms with van der Waals surface area (Å²) in [7, 11) is 2.19. The van der Waals surface area contributed by atoms with E-state index >= 15 is 0 Å². The van der Waals surface area contributed by atoms with Crippen LogP contribution < -0.4 is 10.2 Å². The number of anilines is 1. The van der Waals surface area contributed by atoms with Crippen LogP contribution in [0.15, 0.2) is 12.3 Å². The summed E-state index contributed by atoms with van der Waals surface area (Å²) in [5, 5.41) is 3.59. The number of aromatic nitrogens is 1. The fraction of sp³-hybridized carbons (Fsp3) is 0.688. The summed E-state index contributed by atoms with van der Waals surface area (Å²) in [4.78, 5) is 6.82. The third-order valence-corrected chi connectivity index (χ3v) is 3.71. The molecule has 0 radical (unpaired) electrons. The van der Waals surface area contributed by atoms with Crippen LogP contribution in [0.5, 0.6) is 0 Å². The van der Waals surface area contributed by atoms with Crippen molar-refractivity contribution in [3.63, 3.8) is 0 Å². The highest BCUT2D eigenvalue weighted by Gasteiger charge is 2.21. The highest BCUT2D eigenvalue weighted by molar-refractivity contribution is 5.53. The molecule has 19 heavy (non-hydrogen) atoms. The van der Waals surface area contributed by atoms with Crippen LogP contribution in [-0.4, -0.2) is 24.6 Å². The topological polar surface area (TPSA) is 28.2 Å².